The van der Waals surface area contributed by atoms with Gasteiger partial charge in [-0.05, 0) is 11.1 Å². The Balaban J connectivity index is 1.53. The molecule has 2 fully saturated rings. The largest absolute Gasteiger partial charge is 0.347 e. The number of halogens is 2. The lowest BCUT2D eigenvalue weighted by Gasteiger charge is -2.48. The first-order chi connectivity index (χ1) is 14.1. The van der Waals surface area contributed by atoms with Gasteiger partial charge in [0.1, 0.15) is 6.10 Å². The highest BCUT2D eigenvalue weighted by Gasteiger charge is 2.61. The molecule has 0 spiro atoms. The van der Waals surface area contributed by atoms with E-state index < -0.39 is 36.8 Å². The number of hydrogen-bond donors (Lipinski definition) is 0. The molecule has 4 rings (SSSR count). The van der Waals surface area contributed by atoms with Crippen LogP contribution < -0.4 is 0 Å². The summed E-state index contributed by atoms with van der Waals surface area (Å²) in [6.07, 6.45) is -5.08. The minimum absolute atomic E-state index is 0.0325. The summed E-state index contributed by atoms with van der Waals surface area (Å²) >= 11 is 0. The van der Waals surface area contributed by atoms with Crippen molar-refractivity contribution < 1.29 is 27.7 Å². The van der Waals surface area contributed by atoms with Crippen molar-refractivity contribution in [2.45, 2.75) is 43.4 Å². The Hall–Kier alpha value is -2.55. The number of fused-ring (bicyclic) bond motifs is 1. The van der Waals surface area contributed by atoms with Gasteiger partial charge in [-0.2, -0.15) is 0 Å². The van der Waals surface area contributed by atoms with E-state index in [4.69, 9.17) is 24.5 Å². The molecule has 5 atom stereocenters. The molecule has 7 nitrogen and oxygen atoms in total. The van der Waals surface area contributed by atoms with Gasteiger partial charge in [0.25, 0.3) is 5.92 Å². The molecule has 2 unspecified atom stereocenters. The molecule has 0 radical (unpaired) electrons. The topological polar surface area (TPSA) is 85.7 Å². The third-order valence-electron chi connectivity index (χ3n) is 4.87. The van der Waals surface area contributed by atoms with E-state index in [0.29, 0.717) is 5.56 Å². The van der Waals surface area contributed by atoms with E-state index in [-0.39, 0.29) is 13.2 Å². The number of benzene rings is 2. The fraction of sp³-hybridized carbons (Fsp3) is 0.400. The van der Waals surface area contributed by atoms with Crippen LogP contribution in [-0.2, 0) is 25.6 Å². The Morgan fingerprint density at radius 3 is 2.45 bits per heavy atom. The molecule has 0 aromatic heterocycles. The average molecular weight is 403 g/mol. The molecule has 2 heterocycles. The zero-order chi connectivity index (χ0) is 20.3. The molecule has 2 aliphatic heterocycles. The molecule has 0 N–H and O–H groups in total. The summed E-state index contributed by atoms with van der Waals surface area (Å²) in [4.78, 5) is 2.57. The first-order valence-electron chi connectivity index (χ1n) is 9.14. The van der Waals surface area contributed by atoms with E-state index in [1.54, 1.807) is 42.5 Å². The highest BCUT2D eigenvalue weighted by molar-refractivity contribution is 5.17. The van der Waals surface area contributed by atoms with Gasteiger partial charge in [0.2, 0.25) is 0 Å². The summed E-state index contributed by atoms with van der Waals surface area (Å²) in [5.41, 5.74) is 10.2. The maximum Gasteiger partial charge on any atom is 0.289 e. The Labute approximate surface area is 165 Å². The van der Waals surface area contributed by atoms with Gasteiger partial charge in [-0.15, -0.1) is 0 Å². The molecule has 29 heavy (non-hydrogen) atoms. The fourth-order valence-corrected chi connectivity index (χ4v) is 3.43. The van der Waals surface area contributed by atoms with Crippen molar-refractivity contribution in [2.75, 3.05) is 6.61 Å². The van der Waals surface area contributed by atoms with Gasteiger partial charge in [0.05, 0.1) is 13.2 Å². The van der Waals surface area contributed by atoms with Crippen molar-refractivity contribution in [3.63, 3.8) is 0 Å². The minimum Gasteiger partial charge on any atom is -0.347 e. The van der Waals surface area contributed by atoms with Crippen molar-refractivity contribution in [3.8, 4) is 0 Å². The van der Waals surface area contributed by atoms with E-state index >= 15 is 8.78 Å². The predicted molar refractivity (Wildman–Crippen MR) is 97.8 cm³/mol. The maximum absolute atomic E-state index is 15.3. The van der Waals surface area contributed by atoms with Gasteiger partial charge in [-0.1, -0.05) is 65.8 Å². The molecule has 2 aromatic rings. The summed E-state index contributed by atoms with van der Waals surface area (Å²) in [5, 5.41) is 3.28. The molecule has 0 aliphatic carbocycles. The normalized spacial score (nSPS) is 30.8. The number of alkyl halides is 2. The lowest BCUT2D eigenvalue weighted by Crippen LogP contribution is -2.65. The van der Waals surface area contributed by atoms with Crippen LogP contribution in [-0.4, -0.2) is 37.1 Å². The molecular formula is C20H19F2N3O4. The summed E-state index contributed by atoms with van der Waals surface area (Å²) in [5.74, 6) is -3.51. The maximum atomic E-state index is 15.3. The standard InChI is InChI=1S/C20H19F2N3O4/c21-20(22)16(24-25-23)19(26-11-13-7-3-1-4-8-13)28-15-12-27-18(29-17(15)20)14-9-5-2-6-10-14/h1-10,15-19H,11-12H2/t15-,16+,17-,18?,19?/m1/s1. The molecule has 2 aliphatic rings. The Morgan fingerprint density at radius 2 is 1.76 bits per heavy atom. The number of ether oxygens (including phenoxy) is 4. The zero-order valence-corrected chi connectivity index (χ0v) is 15.3. The monoisotopic (exact) mass is 403 g/mol. The third kappa shape index (κ3) is 4.10. The van der Waals surface area contributed by atoms with Gasteiger partial charge < -0.3 is 18.9 Å². The quantitative estimate of drug-likeness (QED) is 0.422. The van der Waals surface area contributed by atoms with Crippen LogP contribution in [0.4, 0.5) is 8.78 Å². The second-order valence-electron chi connectivity index (χ2n) is 6.80. The summed E-state index contributed by atoms with van der Waals surface area (Å²) in [6.45, 7) is -0.0707. The molecule has 152 valence electrons. The molecule has 2 aromatic carbocycles. The number of rotatable bonds is 5. The number of nitrogens with zero attached hydrogens (tertiary/aromatic N) is 3. The summed E-state index contributed by atoms with van der Waals surface area (Å²) in [6, 6.07) is 16.0. The lowest BCUT2D eigenvalue weighted by molar-refractivity contribution is -0.375. The van der Waals surface area contributed by atoms with Crippen LogP contribution in [0, 0.1) is 0 Å². The van der Waals surface area contributed by atoms with Gasteiger partial charge in [0, 0.05) is 10.5 Å². The second kappa shape index (κ2) is 8.44. The predicted octanol–water partition coefficient (Wildman–Crippen LogP) is 4.36. The van der Waals surface area contributed by atoms with E-state index in [9.17, 15) is 0 Å². The zero-order valence-electron chi connectivity index (χ0n) is 15.3. The third-order valence-corrected chi connectivity index (χ3v) is 4.87. The van der Waals surface area contributed by atoms with Crippen LogP contribution in [0.25, 0.3) is 10.4 Å². The molecule has 0 bridgehead atoms. The fourth-order valence-electron chi connectivity index (χ4n) is 3.43. The molecular weight excluding hydrogens is 384 g/mol. The first kappa shape index (κ1) is 19.8. The van der Waals surface area contributed by atoms with Crippen molar-refractivity contribution in [1.82, 2.24) is 0 Å². The van der Waals surface area contributed by atoms with Crippen LogP contribution in [0.5, 0.6) is 0 Å². The van der Waals surface area contributed by atoms with E-state index in [1.807, 2.05) is 18.2 Å². The van der Waals surface area contributed by atoms with Crippen molar-refractivity contribution >= 4 is 0 Å². The van der Waals surface area contributed by atoms with Gasteiger partial charge in [-0.3, -0.25) is 0 Å². The van der Waals surface area contributed by atoms with Crippen LogP contribution in [0.2, 0.25) is 0 Å². The summed E-state index contributed by atoms with van der Waals surface area (Å²) < 4.78 is 52.9. The first-order valence-corrected chi connectivity index (χ1v) is 9.14. The summed E-state index contributed by atoms with van der Waals surface area (Å²) in [7, 11) is 0. The number of azide groups is 1. The van der Waals surface area contributed by atoms with Crippen LogP contribution >= 0.6 is 0 Å². The second-order valence-corrected chi connectivity index (χ2v) is 6.80. The molecule has 9 heteroatoms. The van der Waals surface area contributed by atoms with E-state index in [1.165, 1.54) is 0 Å². The van der Waals surface area contributed by atoms with Crippen LogP contribution in [0.1, 0.15) is 17.4 Å². The highest BCUT2D eigenvalue weighted by atomic mass is 19.3. The van der Waals surface area contributed by atoms with Crippen molar-refractivity contribution in [2.24, 2.45) is 5.11 Å². The van der Waals surface area contributed by atoms with Crippen LogP contribution in [0.3, 0.4) is 0 Å². The molecule has 2 saturated heterocycles. The molecule has 0 saturated carbocycles. The van der Waals surface area contributed by atoms with Gasteiger partial charge >= 0.3 is 0 Å². The van der Waals surface area contributed by atoms with Crippen molar-refractivity contribution in [3.05, 3.63) is 82.2 Å². The smallest absolute Gasteiger partial charge is 0.289 e. The highest BCUT2D eigenvalue weighted by Crippen LogP contribution is 2.43. The Kier molecular flexibility index (Phi) is 5.75. The number of hydrogen-bond acceptors (Lipinski definition) is 5. The average Bonchev–Trinajstić information content (AvgIpc) is 2.76. The molecule has 0 amide bonds. The van der Waals surface area contributed by atoms with Gasteiger partial charge in [-0.25, -0.2) is 8.78 Å². The SMILES string of the molecule is [N-]=[N+]=N[C@H]1C(OCc2ccccc2)O[C@@H]2COC(c3ccccc3)O[C@H]2C1(F)F. The lowest BCUT2D eigenvalue weighted by atomic mass is 9.95. The Bertz CT molecular complexity index is 865. The van der Waals surface area contributed by atoms with Crippen LogP contribution in [0.15, 0.2) is 65.8 Å². The van der Waals surface area contributed by atoms with Gasteiger partial charge in [0.15, 0.2) is 24.7 Å². The Morgan fingerprint density at radius 1 is 1.07 bits per heavy atom. The van der Waals surface area contributed by atoms with E-state index in [2.05, 4.69) is 10.0 Å². The van der Waals surface area contributed by atoms with Crippen molar-refractivity contribution in [1.29, 1.82) is 0 Å². The minimum atomic E-state index is -3.51. The van der Waals surface area contributed by atoms with E-state index in [0.717, 1.165) is 5.56 Å².